The number of benzene rings is 2. The highest BCUT2D eigenvalue weighted by molar-refractivity contribution is 6.02. The van der Waals surface area contributed by atoms with Crippen molar-refractivity contribution in [2.24, 2.45) is 0 Å². The first kappa shape index (κ1) is 18.8. The molecule has 0 aliphatic rings. The number of para-hydroxylation sites is 1. The van der Waals surface area contributed by atoms with Crippen molar-refractivity contribution >= 4 is 23.6 Å². The maximum atomic E-state index is 13.5. The van der Waals surface area contributed by atoms with Crippen LogP contribution in [-0.4, -0.2) is 29.1 Å². The van der Waals surface area contributed by atoms with Gasteiger partial charge in [-0.25, -0.2) is 14.0 Å². The molecule has 2 aromatic carbocycles. The molecule has 2 N–H and O–H groups in total. The third-order valence-corrected chi connectivity index (χ3v) is 3.69. The molecule has 8 heteroatoms. The Bertz CT molecular complexity index is 1000. The number of carbonyl (C=O) groups excluding carboxylic acids is 3. The van der Waals surface area contributed by atoms with Crippen molar-refractivity contribution in [2.75, 3.05) is 11.9 Å². The number of urea groups is 1. The second kappa shape index (κ2) is 8.63. The molecule has 142 valence electrons. The van der Waals surface area contributed by atoms with Gasteiger partial charge in [-0.1, -0.05) is 18.2 Å². The van der Waals surface area contributed by atoms with Crippen LogP contribution in [0.2, 0.25) is 0 Å². The number of anilines is 1. The van der Waals surface area contributed by atoms with Crippen LogP contribution in [0.15, 0.2) is 73.1 Å². The van der Waals surface area contributed by atoms with E-state index in [1.807, 2.05) is 40.5 Å². The zero-order valence-electron chi connectivity index (χ0n) is 14.6. The molecule has 0 aliphatic heterocycles. The van der Waals surface area contributed by atoms with Crippen molar-refractivity contribution in [1.29, 1.82) is 0 Å². The van der Waals surface area contributed by atoms with Crippen LogP contribution in [0.3, 0.4) is 0 Å². The summed E-state index contributed by atoms with van der Waals surface area (Å²) in [5.41, 5.74) is 0.939. The van der Waals surface area contributed by atoms with Crippen LogP contribution < -0.4 is 10.6 Å². The Labute approximate surface area is 159 Å². The maximum absolute atomic E-state index is 13.5. The fraction of sp³-hybridized carbons (Fsp3) is 0.0500. The van der Waals surface area contributed by atoms with Crippen molar-refractivity contribution in [3.8, 4) is 5.69 Å². The van der Waals surface area contributed by atoms with Crippen molar-refractivity contribution < 1.29 is 23.5 Å². The highest BCUT2D eigenvalue weighted by Gasteiger charge is 2.14. The highest BCUT2D eigenvalue weighted by Crippen LogP contribution is 2.13. The molecule has 3 amide bonds. The smallest absolute Gasteiger partial charge is 0.338 e. The second-order valence-corrected chi connectivity index (χ2v) is 5.70. The Morgan fingerprint density at radius 2 is 1.71 bits per heavy atom. The summed E-state index contributed by atoms with van der Waals surface area (Å²) in [5.74, 6) is -2.19. The minimum absolute atomic E-state index is 0.0772. The first-order valence-corrected chi connectivity index (χ1v) is 8.29. The summed E-state index contributed by atoms with van der Waals surface area (Å²) in [6, 6.07) is 15.0. The van der Waals surface area contributed by atoms with Crippen molar-refractivity contribution in [2.45, 2.75) is 0 Å². The lowest BCUT2D eigenvalue weighted by Crippen LogP contribution is -2.37. The molecule has 0 unspecified atom stereocenters. The number of hydrogen-bond donors (Lipinski definition) is 2. The van der Waals surface area contributed by atoms with Crippen molar-refractivity contribution in [1.82, 2.24) is 9.88 Å². The van der Waals surface area contributed by atoms with Gasteiger partial charge >= 0.3 is 12.0 Å². The van der Waals surface area contributed by atoms with Gasteiger partial charge in [0.05, 0.1) is 11.3 Å². The molecule has 1 aromatic heterocycles. The van der Waals surface area contributed by atoms with Gasteiger partial charge in [-0.15, -0.1) is 0 Å². The Balaban J connectivity index is 1.52. The van der Waals surface area contributed by atoms with Gasteiger partial charge in [0.2, 0.25) is 0 Å². The van der Waals surface area contributed by atoms with Crippen LogP contribution in [0.4, 0.5) is 14.9 Å². The van der Waals surface area contributed by atoms with Crippen LogP contribution in [0, 0.1) is 5.82 Å². The summed E-state index contributed by atoms with van der Waals surface area (Å²) >= 11 is 0. The molecule has 0 fully saturated rings. The summed E-state index contributed by atoms with van der Waals surface area (Å²) in [7, 11) is 0. The number of ether oxygens (including phenoxy) is 1. The van der Waals surface area contributed by atoms with Crippen molar-refractivity contribution in [3.63, 3.8) is 0 Å². The molecule has 0 radical (unpaired) electrons. The lowest BCUT2D eigenvalue weighted by molar-refractivity contribution is -0.123. The van der Waals surface area contributed by atoms with Gasteiger partial charge in [-0.2, -0.15) is 0 Å². The number of amides is 3. The minimum Gasteiger partial charge on any atom is -0.452 e. The van der Waals surface area contributed by atoms with Gasteiger partial charge in [-0.05, 0) is 42.5 Å². The van der Waals surface area contributed by atoms with Gasteiger partial charge in [0, 0.05) is 18.1 Å². The summed E-state index contributed by atoms with van der Waals surface area (Å²) in [4.78, 5) is 35.6. The van der Waals surface area contributed by atoms with Crippen LogP contribution in [0.25, 0.3) is 5.69 Å². The molecule has 0 bridgehead atoms. The number of imide groups is 1. The summed E-state index contributed by atoms with van der Waals surface area (Å²) in [6.07, 6.45) is 3.65. The van der Waals surface area contributed by atoms with E-state index in [2.05, 4.69) is 5.32 Å². The number of hydrogen-bond acceptors (Lipinski definition) is 4. The molecular weight excluding hydrogens is 365 g/mol. The SMILES string of the molecule is O=C(COC(=O)c1cccc(-n2cccc2)c1)NC(=O)Nc1ccccc1F. The van der Waals surface area contributed by atoms with E-state index >= 15 is 0 Å². The average Bonchev–Trinajstić information content (AvgIpc) is 3.23. The second-order valence-electron chi connectivity index (χ2n) is 5.70. The number of nitrogens with zero attached hydrogens (tertiary/aromatic N) is 1. The van der Waals surface area contributed by atoms with Crippen LogP contribution in [0.1, 0.15) is 10.4 Å². The van der Waals surface area contributed by atoms with Gasteiger partial charge < -0.3 is 14.6 Å². The Morgan fingerprint density at radius 3 is 2.46 bits per heavy atom. The predicted octanol–water partition coefficient (Wildman–Crippen LogP) is 3.12. The number of esters is 1. The molecule has 7 nitrogen and oxygen atoms in total. The van der Waals surface area contributed by atoms with Crippen molar-refractivity contribution in [3.05, 3.63) is 84.4 Å². The molecule has 28 heavy (non-hydrogen) atoms. The Kier molecular flexibility index (Phi) is 5.81. The molecule has 0 atom stereocenters. The van der Waals surface area contributed by atoms with E-state index in [9.17, 15) is 18.8 Å². The summed E-state index contributed by atoms with van der Waals surface area (Å²) < 4.78 is 20.2. The molecule has 3 aromatic rings. The first-order valence-electron chi connectivity index (χ1n) is 8.29. The number of rotatable bonds is 5. The predicted molar refractivity (Wildman–Crippen MR) is 99.6 cm³/mol. The normalized spacial score (nSPS) is 10.2. The number of carbonyl (C=O) groups is 3. The first-order chi connectivity index (χ1) is 13.5. The fourth-order valence-corrected chi connectivity index (χ4v) is 2.39. The number of halogens is 1. The molecule has 0 saturated carbocycles. The van der Waals surface area contributed by atoms with Crippen LogP contribution in [-0.2, 0) is 9.53 Å². The largest absolute Gasteiger partial charge is 0.452 e. The van der Waals surface area contributed by atoms with E-state index in [0.717, 1.165) is 5.69 Å². The zero-order valence-corrected chi connectivity index (χ0v) is 14.6. The van der Waals surface area contributed by atoms with E-state index in [0.29, 0.717) is 0 Å². The molecule has 0 spiro atoms. The molecule has 3 rings (SSSR count). The molecule has 1 heterocycles. The molecular formula is C20H16FN3O4. The quantitative estimate of drug-likeness (QED) is 0.665. The minimum atomic E-state index is -0.930. The standard InChI is InChI=1S/C20H16FN3O4/c21-16-8-1-2-9-17(16)22-20(27)23-18(25)13-28-19(26)14-6-5-7-15(12-14)24-10-3-4-11-24/h1-12H,13H2,(H2,22,23,25,27). The maximum Gasteiger partial charge on any atom is 0.338 e. The van der Waals surface area contributed by atoms with E-state index in [1.54, 1.807) is 18.2 Å². The van der Waals surface area contributed by atoms with E-state index < -0.39 is 30.3 Å². The van der Waals surface area contributed by atoms with Gasteiger partial charge in [0.15, 0.2) is 6.61 Å². The molecule has 0 saturated heterocycles. The highest BCUT2D eigenvalue weighted by atomic mass is 19.1. The Morgan fingerprint density at radius 1 is 0.964 bits per heavy atom. The summed E-state index contributed by atoms with van der Waals surface area (Å²) in [5, 5.41) is 4.15. The van der Waals surface area contributed by atoms with E-state index in [1.165, 1.54) is 24.3 Å². The lowest BCUT2D eigenvalue weighted by atomic mass is 10.2. The summed E-state index contributed by atoms with van der Waals surface area (Å²) in [6.45, 7) is -0.655. The lowest BCUT2D eigenvalue weighted by Gasteiger charge is -2.09. The van der Waals surface area contributed by atoms with Gasteiger partial charge in [0.1, 0.15) is 5.82 Å². The van der Waals surface area contributed by atoms with Gasteiger partial charge in [-0.3, -0.25) is 10.1 Å². The third-order valence-electron chi connectivity index (χ3n) is 3.69. The number of nitrogens with one attached hydrogen (secondary N) is 2. The van der Waals surface area contributed by atoms with E-state index in [-0.39, 0.29) is 11.3 Å². The Hall–Kier alpha value is -3.94. The topological polar surface area (TPSA) is 89.4 Å². The average molecular weight is 381 g/mol. The van der Waals surface area contributed by atoms with Crippen LogP contribution in [0.5, 0.6) is 0 Å². The fourth-order valence-electron chi connectivity index (χ4n) is 2.39. The monoisotopic (exact) mass is 381 g/mol. The third kappa shape index (κ3) is 4.82. The number of aromatic nitrogens is 1. The van der Waals surface area contributed by atoms with Gasteiger partial charge in [0.25, 0.3) is 5.91 Å². The zero-order chi connectivity index (χ0) is 19.9. The molecule has 0 aliphatic carbocycles. The van der Waals surface area contributed by atoms with Crippen LogP contribution >= 0.6 is 0 Å². The van der Waals surface area contributed by atoms with E-state index in [4.69, 9.17) is 4.74 Å².